The second kappa shape index (κ2) is 5.22. The number of hydrogen-bond acceptors (Lipinski definition) is 0. The van der Waals surface area contributed by atoms with Crippen molar-refractivity contribution < 1.29 is 0 Å². The van der Waals surface area contributed by atoms with Crippen molar-refractivity contribution >= 4 is 48.5 Å². The van der Waals surface area contributed by atoms with Crippen LogP contribution in [0.4, 0.5) is 0 Å². The SMILES string of the molecule is Brc1cccc2c1c1ccc3ccccc3c1n2-c1ccccc1. The van der Waals surface area contributed by atoms with Crippen molar-refractivity contribution in [1.82, 2.24) is 4.57 Å². The smallest absolute Gasteiger partial charge is 0.0619 e. The van der Waals surface area contributed by atoms with Crippen LogP contribution in [0.15, 0.2) is 89.4 Å². The molecule has 0 radical (unpaired) electrons. The first-order valence-electron chi connectivity index (χ1n) is 8.00. The Morgan fingerprint density at radius 1 is 0.625 bits per heavy atom. The zero-order chi connectivity index (χ0) is 16.1. The van der Waals surface area contributed by atoms with Crippen molar-refractivity contribution in [1.29, 1.82) is 0 Å². The van der Waals surface area contributed by atoms with Gasteiger partial charge in [-0.3, -0.25) is 0 Å². The first kappa shape index (κ1) is 13.8. The molecule has 114 valence electrons. The van der Waals surface area contributed by atoms with Crippen LogP contribution in [0.5, 0.6) is 0 Å². The van der Waals surface area contributed by atoms with Gasteiger partial charge in [-0.05, 0) is 29.7 Å². The molecule has 0 saturated carbocycles. The van der Waals surface area contributed by atoms with Crippen molar-refractivity contribution in [3.8, 4) is 5.69 Å². The van der Waals surface area contributed by atoms with Crippen molar-refractivity contribution in [2.75, 3.05) is 0 Å². The number of halogens is 1. The summed E-state index contributed by atoms with van der Waals surface area (Å²) in [6.45, 7) is 0. The van der Waals surface area contributed by atoms with E-state index in [2.05, 4.69) is 105 Å². The van der Waals surface area contributed by atoms with E-state index in [-0.39, 0.29) is 0 Å². The molecule has 0 amide bonds. The molecule has 1 heterocycles. The summed E-state index contributed by atoms with van der Waals surface area (Å²) in [5.74, 6) is 0. The molecule has 1 aromatic heterocycles. The Balaban J connectivity index is 2.12. The topological polar surface area (TPSA) is 4.93 Å². The maximum Gasteiger partial charge on any atom is 0.0619 e. The molecule has 0 saturated heterocycles. The quantitative estimate of drug-likeness (QED) is 0.309. The minimum atomic E-state index is 1.13. The predicted octanol–water partition coefficient (Wildman–Crippen LogP) is 6.70. The lowest BCUT2D eigenvalue weighted by Crippen LogP contribution is -1.93. The van der Waals surface area contributed by atoms with Gasteiger partial charge < -0.3 is 4.57 Å². The first-order chi connectivity index (χ1) is 11.8. The largest absolute Gasteiger partial charge is 0.309 e. The lowest BCUT2D eigenvalue weighted by atomic mass is 10.1. The van der Waals surface area contributed by atoms with Crippen LogP contribution in [-0.2, 0) is 0 Å². The predicted molar refractivity (Wildman–Crippen MR) is 106 cm³/mol. The fourth-order valence-corrected chi connectivity index (χ4v) is 4.20. The summed E-state index contributed by atoms with van der Waals surface area (Å²) in [5, 5.41) is 5.09. The van der Waals surface area contributed by atoms with E-state index in [9.17, 15) is 0 Å². The van der Waals surface area contributed by atoms with E-state index in [1.54, 1.807) is 0 Å². The summed E-state index contributed by atoms with van der Waals surface area (Å²) in [4.78, 5) is 0. The van der Waals surface area contributed by atoms with Crippen LogP contribution >= 0.6 is 15.9 Å². The lowest BCUT2D eigenvalue weighted by Gasteiger charge is -2.09. The summed E-state index contributed by atoms with van der Waals surface area (Å²) in [5.41, 5.74) is 3.68. The van der Waals surface area contributed by atoms with Gasteiger partial charge in [-0.25, -0.2) is 0 Å². The van der Waals surface area contributed by atoms with E-state index >= 15 is 0 Å². The van der Waals surface area contributed by atoms with E-state index in [4.69, 9.17) is 0 Å². The van der Waals surface area contributed by atoms with Gasteiger partial charge in [-0.2, -0.15) is 0 Å². The fraction of sp³-hybridized carbons (Fsp3) is 0. The van der Waals surface area contributed by atoms with Gasteiger partial charge in [0.25, 0.3) is 0 Å². The molecule has 0 fully saturated rings. The van der Waals surface area contributed by atoms with Crippen LogP contribution in [0.2, 0.25) is 0 Å². The maximum absolute atomic E-state index is 3.75. The number of hydrogen-bond donors (Lipinski definition) is 0. The van der Waals surface area contributed by atoms with Gasteiger partial charge in [0.15, 0.2) is 0 Å². The highest BCUT2D eigenvalue weighted by atomic mass is 79.9. The van der Waals surface area contributed by atoms with E-state index in [1.165, 1.54) is 38.3 Å². The third-order valence-electron chi connectivity index (χ3n) is 4.64. The summed E-state index contributed by atoms with van der Waals surface area (Å²) >= 11 is 3.75. The number of fused-ring (bicyclic) bond motifs is 5. The summed E-state index contributed by atoms with van der Waals surface area (Å²) < 4.78 is 3.51. The van der Waals surface area contributed by atoms with Crippen LogP contribution in [0.1, 0.15) is 0 Å². The molecule has 0 N–H and O–H groups in total. The van der Waals surface area contributed by atoms with Crippen LogP contribution in [0.25, 0.3) is 38.3 Å². The van der Waals surface area contributed by atoms with E-state index in [1.807, 2.05) is 0 Å². The molecule has 1 nitrogen and oxygen atoms in total. The first-order valence-corrected chi connectivity index (χ1v) is 8.80. The van der Waals surface area contributed by atoms with Crippen LogP contribution in [0.3, 0.4) is 0 Å². The third kappa shape index (κ3) is 1.87. The molecule has 0 bridgehead atoms. The van der Waals surface area contributed by atoms with Gasteiger partial charge in [0.05, 0.1) is 11.0 Å². The number of benzene rings is 4. The molecular formula is C22H14BrN. The van der Waals surface area contributed by atoms with Crippen LogP contribution < -0.4 is 0 Å². The highest BCUT2D eigenvalue weighted by Crippen LogP contribution is 2.39. The summed E-state index contributed by atoms with van der Waals surface area (Å²) in [6.07, 6.45) is 0. The monoisotopic (exact) mass is 371 g/mol. The second-order valence-corrected chi connectivity index (χ2v) is 6.84. The van der Waals surface area contributed by atoms with E-state index in [0.717, 1.165) is 4.47 Å². The van der Waals surface area contributed by atoms with Gasteiger partial charge in [0.2, 0.25) is 0 Å². The molecule has 2 heteroatoms. The normalized spacial score (nSPS) is 11.5. The van der Waals surface area contributed by atoms with Crippen LogP contribution in [-0.4, -0.2) is 4.57 Å². The molecule has 24 heavy (non-hydrogen) atoms. The molecule has 5 rings (SSSR count). The Morgan fingerprint density at radius 2 is 1.42 bits per heavy atom. The molecule has 5 aromatic rings. The average molecular weight is 372 g/mol. The Kier molecular flexibility index (Phi) is 3.00. The number of para-hydroxylation sites is 1. The highest BCUT2D eigenvalue weighted by molar-refractivity contribution is 9.10. The Bertz CT molecular complexity index is 1200. The van der Waals surface area contributed by atoms with Crippen LogP contribution in [0, 0.1) is 0 Å². The van der Waals surface area contributed by atoms with E-state index in [0.29, 0.717) is 0 Å². The minimum Gasteiger partial charge on any atom is -0.309 e. The minimum absolute atomic E-state index is 1.13. The Hall–Kier alpha value is -2.58. The molecule has 0 atom stereocenters. The average Bonchev–Trinajstić information content (AvgIpc) is 2.98. The van der Waals surface area contributed by atoms with Gasteiger partial charge in [-0.1, -0.05) is 76.6 Å². The zero-order valence-electron chi connectivity index (χ0n) is 12.9. The molecule has 0 unspecified atom stereocenters. The van der Waals surface area contributed by atoms with Gasteiger partial charge in [-0.15, -0.1) is 0 Å². The standard InChI is InChI=1S/C22H14BrN/c23-19-11-6-12-20-21(19)18-14-13-15-7-4-5-10-17(15)22(18)24(20)16-8-2-1-3-9-16/h1-14H. The number of aromatic nitrogens is 1. The molecule has 4 aromatic carbocycles. The summed E-state index contributed by atoms with van der Waals surface area (Å²) in [6, 6.07) is 30.1. The van der Waals surface area contributed by atoms with Crippen molar-refractivity contribution in [2.45, 2.75) is 0 Å². The Morgan fingerprint density at radius 3 is 2.29 bits per heavy atom. The highest BCUT2D eigenvalue weighted by Gasteiger charge is 2.16. The number of rotatable bonds is 1. The molecule has 0 aliphatic heterocycles. The summed E-state index contributed by atoms with van der Waals surface area (Å²) in [7, 11) is 0. The fourth-order valence-electron chi connectivity index (χ4n) is 3.63. The molecule has 0 spiro atoms. The maximum atomic E-state index is 3.75. The zero-order valence-corrected chi connectivity index (χ0v) is 14.5. The second-order valence-electron chi connectivity index (χ2n) is 5.99. The third-order valence-corrected chi connectivity index (χ3v) is 5.30. The van der Waals surface area contributed by atoms with Crippen molar-refractivity contribution in [3.63, 3.8) is 0 Å². The molecule has 0 aliphatic carbocycles. The molecule has 0 aliphatic rings. The van der Waals surface area contributed by atoms with E-state index < -0.39 is 0 Å². The van der Waals surface area contributed by atoms with Gasteiger partial charge >= 0.3 is 0 Å². The van der Waals surface area contributed by atoms with Gasteiger partial charge in [0, 0.05) is 26.3 Å². The number of nitrogens with zero attached hydrogens (tertiary/aromatic N) is 1. The lowest BCUT2D eigenvalue weighted by molar-refractivity contribution is 1.19. The van der Waals surface area contributed by atoms with Gasteiger partial charge in [0.1, 0.15) is 0 Å². The van der Waals surface area contributed by atoms with Crippen molar-refractivity contribution in [2.24, 2.45) is 0 Å². The molecular weight excluding hydrogens is 358 g/mol. The Labute approximate surface area is 148 Å². The van der Waals surface area contributed by atoms with Crippen molar-refractivity contribution in [3.05, 3.63) is 89.4 Å².